The third kappa shape index (κ3) is 3.16. The Kier molecular flexibility index (Phi) is 5.68. The van der Waals surface area contributed by atoms with Gasteiger partial charge < -0.3 is 26.8 Å². The fourth-order valence-corrected chi connectivity index (χ4v) is 2.25. The number of nitrogen functional groups attached to an aromatic ring is 2. The van der Waals surface area contributed by atoms with Gasteiger partial charge in [-0.15, -0.1) is 0 Å². The normalized spacial score (nSPS) is 12.3. The molecule has 1 atom stereocenters. The highest BCUT2D eigenvalue weighted by molar-refractivity contribution is 5.76. The fourth-order valence-electron chi connectivity index (χ4n) is 2.25. The van der Waals surface area contributed by atoms with Crippen molar-refractivity contribution in [2.45, 2.75) is 18.8 Å². The number of aliphatic hydroxyl groups excluding tert-OH is 3. The molecule has 0 radical (unpaired) electrons. The van der Waals surface area contributed by atoms with Crippen LogP contribution in [0.1, 0.15) is 23.5 Å². The van der Waals surface area contributed by atoms with Crippen molar-refractivity contribution in [3.8, 4) is 0 Å². The summed E-state index contributed by atoms with van der Waals surface area (Å²) in [6.07, 6.45) is 0.260. The maximum atomic E-state index is 11.1. The third-order valence-electron chi connectivity index (χ3n) is 3.16. The molecule has 0 fully saturated rings. The van der Waals surface area contributed by atoms with Crippen molar-refractivity contribution in [3.05, 3.63) is 27.3 Å². The first-order valence-corrected chi connectivity index (χ1v) is 6.15. The lowest BCUT2D eigenvalue weighted by Gasteiger charge is -2.19. The van der Waals surface area contributed by atoms with Crippen LogP contribution in [0.3, 0.4) is 0 Å². The molecule has 1 rings (SSSR count). The lowest BCUT2D eigenvalue weighted by Crippen LogP contribution is -2.15. The zero-order chi connectivity index (χ0) is 15.3. The maximum Gasteiger partial charge on any atom is 0.295 e. The summed E-state index contributed by atoms with van der Waals surface area (Å²) in [7, 11) is 0. The van der Waals surface area contributed by atoms with Crippen LogP contribution in [0, 0.1) is 10.1 Å². The van der Waals surface area contributed by atoms with E-state index in [9.17, 15) is 15.2 Å². The van der Waals surface area contributed by atoms with Gasteiger partial charge in [0, 0.05) is 42.4 Å². The smallest absolute Gasteiger partial charge is 0.295 e. The molecule has 0 aliphatic carbocycles. The monoisotopic (exact) mass is 285 g/mol. The zero-order valence-electron chi connectivity index (χ0n) is 11.0. The minimum Gasteiger partial charge on any atom is -0.398 e. The highest BCUT2D eigenvalue weighted by atomic mass is 16.6. The Bertz CT molecular complexity index is 492. The molecular weight excluding hydrogens is 266 g/mol. The second kappa shape index (κ2) is 7.04. The van der Waals surface area contributed by atoms with E-state index in [2.05, 4.69) is 0 Å². The second-order valence-electron chi connectivity index (χ2n) is 4.42. The summed E-state index contributed by atoms with van der Waals surface area (Å²) in [5.74, 6) is -0.568. The molecule has 7 N–H and O–H groups in total. The van der Waals surface area contributed by atoms with Crippen LogP contribution in [0.4, 0.5) is 17.1 Å². The van der Waals surface area contributed by atoms with Gasteiger partial charge in [-0.2, -0.15) is 0 Å². The van der Waals surface area contributed by atoms with Crippen molar-refractivity contribution in [1.82, 2.24) is 0 Å². The first-order chi connectivity index (χ1) is 9.47. The van der Waals surface area contributed by atoms with Crippen molar-refractivity contribution in [2.24, 2.45) is 0 Å². The van der Waals surface area contributed by atoms with E-state index in [1.54, 1.807) is 0 Å². The van der Waals surface area contributed by atoms with Crippen LogP contribution >= 0.6 is 0 Å². The number of hydrogen-bond donors (Lipinski definition) is 5. The number of anilines is 2. The number of nitro groups is 1. The Balaban J connectivity index is 3.46. The van der Waals surface area contributed by atoms with Crippen molar-refractivity contribution >= 4 is 17.1 Å². The van der Waals surface area contributed by atoms with E-state index in [0.717, 1.165) is 0 Å². The van der Waals surface area contributed by atoms with Crippen LogP contribution in [-0.2, 0) is 6.42 Å². The van der Waals surface area contributed by atoms with Crippen molar-refractivity contribution in [3.63, 3.8) is 0 Å². The minimum absolute atomic E-state index is 0.0643. The standard InChI is InChI=1S/C12H19N3O5/c13-9-5-7(1-3-16)12(15(19)20)11(14)10(9)8(6-18)2-4-17/h5,8,16-18H,1-4,6,13-14H2. The van der Waals surface area contributed by atoms with Crippen molar-refractivity contribution in [2.75, 3.05) is 31.3 Å². The topological polar surface area (TPSA) is 156 Å². The van der Waals surface area contributed by atoms with Gasteiger partial charge in [-0.25, -0.2) is 0 Å². The molecule has 8 nitrogen and oxygen atoms in total. The van der Waals surface area contributed by atoms with Crippen LogP contribution in [0.25, 0.3) is 0 Å². The summed E-state index contributed by atoms with van der Waals surface area (Å²) in [5.41, 5.74) is 12.0. The van der Waals surface area contributed by atoms with Gasteiger partial charge in [-0.3, -0.25) is 10.1 Å². The maximum absolute atomic E-state index is 11.1. The van der Waals surface area contributed by atoms with Gasteiger partial charge in [-0.1, -0.05) is 0 Å². The van der Waals surface area contributed by atoms with Crippen LogP contribution in [0.2, 0.25) is 0 Å². The van der Waals surface area contributed by atoms with E-state index in [1.807, 2.05) is 0 Å². The molecule has 0 saturated heterocycles. The Morgan fingerprint density at radius 2 is 1.90 bits per heavy atom. The number of nitro benzene ring substituents is 1. The van der Waals surface area contributed by atoms with E-state index in [1.165, 1.54) is 6.07 Å². The molecule has 1 aromatic rings. The molecule has 112 valence electrons. The van der Waals surface area contributed by atoms with Crippen molar-refractivity contribution in [1.29, 1.82) is 0 Å². The Labute approximate surface area is 115 Å². The number of nitrogens with two attached hydrogens (primary N) is 2. The number of hydrogen-bond acceptors (Lipinski definition) is 7. The Morgan fingerprint density at radius 1 is 1.25 bits per heavy atom. The van der Waals surface area contributed by atoms with E-state index in [-0.39, 0.29) is 60.9 Å². The van der Waals surface area contributed by atoms with Gasteiger partial charge >= 0.3 is 0 Å². The number of rotatable bonds is 7. The van der Waals surface area contributed by atoms with E-state index >= 15 is 0 Å². The SMILES string of the molecule is Nc1cc(CCO)c([N+](=O)[O-])c(N)c1C(CO)CCO. The first-order valence-electron chi connectivity index (χ1n) is 6.15. The molecule has 0 saturated carbocycles. The molecule has 20 heavy (non-hydrogen) atoms. The molecule has 0 aliphatic rings. The van der Waals surface area contributed by atoms with Crippen LogP contribution in [-0.4, -0.2) is 40.1 Å². The second-order valence-corrected chi connectivity index (χ2v) is 4.42. The summed E-state index contributed by atoms with van der Waals surface area (Å²) in [5, 5.41) is 38.4. The molecule has 0 aromatic heterocycles. The predicted molar refractivity (Wildman–Crippen MR) is 74.2 cm³/mol. The fraction of sp³-hybridized carbons (Fsp3) is 0.500. The summed E-state index contributed by atoms with van der Waals surface area (Å²) >= 11 is 0. The summed E-state index contributed by atoms with van der Waals surface area (Å²) < 4.78 is 0. The van der Waals surface area contributed by atoms with E-state index in [4.69, 9.17) is 21.7 Å². The molecule has 0 amide bonds. The summed E-state index contributed by atoms with van der Waals surface area (Å²) in [4.78, 5) is 10.5. The summed E-state index contributed by atoms with van der Waals surface area (Å²) in [6, 6.07) is 1.39. The molecule has 8 heteroatoms. The molecule has 0 aliphatic heterocycles. The third-order valence-corrected chi connectivity index (χ3v) is 3.16. The van der Waals surface area contributed by atoms with Gasteiger partial charge in [0.15, 0.2) is 0 Å². The highest BCUT2D eigenvalue weighted by Gasteiger charge is 2.27. The highest BCUT2D eigenvalue weighted by Crippen LogP contribution is 2.39. The largest absolute Gasteiger partial charge is 0.398 e. The molecule has 0 spiro atoms. The Hall–Kier alpha value is -1.90. The molecule has 1 unspecified atom stereocenters. The van der Waals surface area contributed by atoms with Crippen molar-refractivity contribution < 1.29 is 20.2 Å². The zero-order valence-corrected chi connectivity index (χ0v) is 11.0. The van der Waals surface area contributed by atoms with Gasteiger partial charge in [0.1, 0.15) is 5.69 Å². The lowest BCUT2D eigenvalue weighted by atomic mass is 9.90. The minimum atomic E-state index is -0.628. The van der Waals surface area contributed by atoms with Crippen LogP contribution < -0.4 is 11.5 Å². The average molecular weight is 285 g/mol. The lowest BCUT2D eigenvalue weighted by molar-refractivity contribution is -0.384. The number of nitrogens with zero attached hydrogens (tertiary/aromatic N) is 1. The predicted octanol–water partition coefficient (Wildman–Crippen LogP) is -0.248. The summed E-state index contributed by atoms with van der Waals surface area (Å²) in [6.45, 7) is -0.791. The first kappa shape index (κ1) is 16.2. The van der Waals surface area contributed by atoms with Crippen LogP contribution in [0.5, 0.6) is 0 Å². The molecule has 1 aromatic carbocycles. The molecule has 0 heterocycles. The van der Waals surface area contributed by atoms with Gasteiger partial charge in [0.05, 0.1) is 11.5 Å². The quantitative estimate of drug-likeness (QED) is 0.263. The van der Waals surface area contributed by atoms with Crippen LogP contribution in [0.15, 0.2) is 6.07 Å². The van der Waals surface area contributed by atoms with Gasteiger partial charge in [0.2, 0.25) is 0 Å². The average Bonchev–Trinajstić information content (AvgIpc) is 2.37. The number of benzene rings is 1. The molecule has 0 bridgehead atoms. The van der Waals surface area contributed by atoms with Gasteiger partial charge in [0.25, 0.3) is 5.69 Å². The van der Waals surface area contributed by atoms with Gasteiger partial charge in [-0.05, 0) is 12.5 Å². The van der Waals surface area contributed by atoms with E-state index in [0.29, 0.717) is 0 Å². The Morgan fingerprint density at radius 3 is 2.35 bits per heavy atom. The van der Waals surface area contributed by atoms with E-state index < -0.39 is 10.8 Å². The molecular formula is C12H19N3O5. The number of aliphatic hydroxyl groups is 3.